The second-order valence-corrected chi connectivity index (χ2v) is 2.21. The van der Waals surface area contributed by atoms with Crippen LogP contribution in [0.2, 0.25) is 0 Å². The Morgan fingerprint density at radius 2 is 2.50 bits per heavy atom. The molecule has 0 amide bonds. The third-order valence-corrected chi connectivity index (χ3v) is 1.51. The SMILES string of the molecule is [c]1cccc2c1CC=CO2. The summed E-state index contributed by atoms with van der Waals surface area (Å²) >= 11 is 0. The summed E-state index contributed by atoms with van der Waals surface area (Å²) in [4.78, 5) is 0. The van der Waals surface area contributed by atoms with Crippen LogP contribution in [0, 0.1) is 6.07 Å². The van der Waals surface area contributed by atoms with Crippen molar-refractivity contribution in [3.63, 3.8) is 0 Å². The van der Waals surface area contributed by atoms with Crippen molar-refractivity contribution in [1.82, 2.24) is 0 Å². The van der Waals surface area contributed by atoms with E-state index in [1.807, 2.05) is 24.3 Å². The summed E-state index contributed by atoms with van der Waals surface area (Å²) in [6.07, 6.45) is 4.64. The standard InChI is InChI=1S/C9H7O/c1-2-6-9-8(4-1)5-3-7-10-9/h1-3,6-7H,5H2. The van der Waals surface area contributed by atoms with Crippen molar-refractivity contribution in [2.24, 2.45) is 0 Å². The van der Waals surface area contributed by atoms with Crippen molar-refractivity contribution in [1.29, 1.82) is 0 Å². The average Bonchev–Trinajstić information content (AvgIpc) is 2.05. The van der Waals surface area contributed by atoms with Crippen LogP contribution in [-0.4, -0.2) is 0 Å². The molecule has 1 radical (unpaired) electrons. The number of rotatable bonds is 0. The minimum atomic E-state index is 0.935. The van der Waals surface area contributed by atoms with Gasteiger partial charge in [-0.05, 0) is 24.6 Å². The predicted molar refractivity (Wildman–Crippen MR) is 38.8 cm³/mol. The van der Waals surface area contributed by atoms with Crippen molar-refractivity contribution in [3.05, 3.63) is 42.2 Å². The van der Waals surface area contributed by atoms with Gasteiger partial charge in [-0.1, -0.05) is 12.1 Å². The van der Waals surface area contributed by atoms with E-state index in [4.69, 9.17) is 4.74 Å². The maximum Gasteiger partial charge on any atom is 0.130 e. The van der Waals surface area contributed by atoms with Gasteiger partial charge in [-0.3, -0.25) is 0 Å². The van der Waals surface area contributed by atoms with E-state index >= 15 is 0 Å². The Balaban J connectivity index is 2.47. The summed E-state index contributed by atoms with van der Waals surface area (Å²) in [6, 6.07) is 8.90. The molecule has 1 aromatic rings. The van der Waals surface area contributed by atoms with Crippen molar-refractivity contribution >= 4 is 0 Å². The lowest BCUT2D eigenvalue weighted by molar-refractivity contribution is 0.464. The van der Waals surface area contributed by atoms with Crippen molar-refractivity contribution in [2.75, 3.05) is 0 Å². The summed E-state index contributed by atoms with van der Waals surface area (Å²) in [7, 11) is 0. The summed E-state index contributed by atoms with van der Waals surface area (Å²) in [6.45, 7) is 0. The highest BCUT2D eigenvalue weighted by molar-refractivity contribution is 5.36. The summed E-state index contributed by atoms with van der Waals surface area (Å²) < 4.78 is 5.21. The first-order valence-electron chi connectivity index (χ1n) is 3.28. The second kappa shape index (κ2) is 2.18. The lowest BCUT2D eigenvalue weighted by Gasteiger charge is -2.09. The zero-order chi connectivity index (χ0) is 6.81. The maximum atomic E-state index is 5.21. The topological polar surface area (TPSA) is 9.23 Å². The zero-order valence-corrected chi connectivity index (χ0v) is 5.50. The number of allylic oxidation sites excluding steroid dienone is 1. The molecule has 0 fully saturated rings. The van der Waals surface area contributed by atoms with Crippen molar-refractivity contribution in [3.8, 4) is 5.75 Å². The van der Waals surface area contributed by atoms with Gasteiger partial charge in [0, 0.05) is 5.56 Å². The third kappa shape index (κ3) is 0.798. The molecule has 0 N–H and O–H groups in total. The Bertz CT molecular complexity index is 236. The molecule has 2 rings (SSSR count). The van der Waals surface area contributed by atoms with Gasteiger partial charge in [0.2, 0.25) is 0 Å². The van der Waals surface area contributed by atoms with E-state index < -0.39 is 0 Å². The summed E-state index contributed by atoms with van der Waals surface area (Å²) in [5.41, 5.74) is 1.14. The monoisotopic (exact) mass is 131 g/mol. The molecule has 49 valence electrons. The molecule has 0 saturated heterocycles. The van der Waals surface area contributed by atoms with Gasteiger partial charge in [-0.25, -0.2) is 0 Å². The van der Waals surface area contributed by atoms with Crippen LogP contribution in [0.4, 0.5) is 0 Å². The van der Waals surface area contributed by atoms with Gasteiger partial charge < -0.3 is 4.74 Å². The highest BCUT2D eigenvalue weighted by Gasteiger charge is 2.02. The molecule has 1 heteroatoms. The second-order valence-electron chi connectivity index (χ2n) is 2.21. The van der Waals surface area contributed by atoms with Crippen LogP contribution in [0.25, 0.3) is 0 Å². The summed E-state index contributed by atoms with van der Waals surface area (Å²) in [5, 5.41) is 0. The fourth-order valence-corrected chi connectivity index (χ4v) is 1.01. The molecule has 1 aliphatic heterocycles. The molecule has 1 nitrogen and oxygen atoms in total. The Morgan fingerprint density at radius 1 is 1.50 bits per heavy atom. The molecule has 0 bridgehead atoms. The maximum absolute atomic E-state index is 5.21. The Hall–Kier alpha value is -1.24. The van der Waals surface area contributed by atoms with Crippen LogP contribution >= 0.6 is 0 Å². The molecular formula is C9H7O. The van der Waals surface area contributed by atoms with E-state index in [1.165, 1.54) is 0 Å². The molecule has 0 unspecified atom stereocenters. The predicted octanol–water partition coefficient (Wildman–Crippen LogP) is 1.94. The van der Waals surface area contributed by atoms with Crippen LogP contribution in [-0.2, 0) is 6.42 Å². The van der Waals surface area contributed by atoms with Gasteiger partial charge in [0.05, 0.1) is 6.26 Å². The van der Waals surface area contributed by atoms with Crippen LogP contribution in [0.5, 0.6) is 5.75 Å². The van der Waals surface area contributed by atoms with Gasteiger partial charge in [-0.15, -0.1) is 0 Å². The van der Waals surface area contributed by atoms with E-state index in [-0.39, 0.29) is 0 Å². The molecule has 0 saturated carbocycles. The first kappa shape index (κ1) is 5.54. The average molecular weight is 131 g/mol. The van der Waals surface area contributed by atoms with Crippen molar-refractivity contribution < 1.29 is 4.74 Å². The lowest BCUT2D eigenvalue weighted by Crippen LogP contribution is -1.94. The fraction of sp³-hybridized carbons (Fsp3) is 0.111. The van der Waals surface area contributed by atoms with Gasteiger partial charge in [-0.2, -0.15) is 0 Å². The first-order valence-corrected chi connectivity index (χ1v) is 3.28. The minimum absolute atomic E-state index is 0.935. The van der Waals surface area contributed by atoms with E-state index in [2.05, 4.69) is 6.07 Å². The smallest absolute Gasteiger partial charge is 0.130 e. The normalized spacial score (nSPS) is 14.0. The van der Waals surface area contributed by atoms with E-state index in [9.17, 15) is 0 Å². The van der Waals surface area contributed by atoms with E-state index in [0.717, 1.165) is 17.7 Å². The van der Waals surface area contributed by atoms with Crippen LogP contribution in [0.1, 0.15) is 5.56 Å². The Morgan fingerprint density at radius 3 is 3.40 bits per heavy atom. The Labute approximate surface area is 59.9 Å². The highest BCUT2D eigenvalue weighted by atomic mass is 16.5. The molecule has 1 heterocycles. The molecular weight excluding hydrogens is 124 g/mol. The van der Waals surface area contributed by atoms with E-state index in [1.54, 1.807) is 6.26 Å². The van der Waals surface area contributed by atoms with Crippen LogP contribution in [0.3, 0.4) is 0 Å². The summed E-state index contributed by atoms with van der Waals surface area (Å²) in [5.74, 6) is 0.935. The molecule has 10 heavy (non-hydrogen) atoms. The Kier molecular flexibility index (Phi) is 1.21. The first-order chi connectivity index (χ1) is 4.97. The fourth-order valence-electron chi connectivity index (χ4n) is 1.01. The van der Waals surface area contributed by atoms with Crippen LogP contribution in [0.15, 0.2) is 30.5 Å². The molecule has 0 aromatic heterocycles. The quantitative estimate of drug-likeness (QED) is 0.522. The molecule has 1 aliphatic rings. The number of ether oxygens (including phenoxy) is 1. The molecule has 1 aromatic carbocycles. The highest BCUT2D eigenvalue weighted by Crippen LogP contribution is 2.21. The van der Waals surface area contributed by atoms with Gasteiger partial charge in [0.25, 0.3) is 0 Å². The zero-order valence-electron chi connectivity index (χ0n) is 5.50. The van der Waals surface area contributed by atoms with Gasteiger partial charge in [0.1, 0.15) is 5.75 Å². The molecule has 0 aliphatic carbocycles. The number of hydrogen-bond acceptors (Lipinski definition) is 1. The largest absolute Gasteiger partial charge is 0.465 e. The minimum Gasteiger partial charge on any atom is -0.465 e. The third-order valence-electron chi connectivity index (χ3n) is 1.51. The number of fused-ring (bicyclic) bond motifs is 1. The van der Waals surface area contributed by atoms with Gasteiger partial charge >= 0.3 is 0 Å². The number of benzene rings is 1. The lowest BCUT2D eigenvalue weighted by atomic mass is 10.1. The van der Waals surface area contributed by atoms with Crippen molar-refractivity contribution in [2.45, 2.75) is 6.42 Å². The molecule has 0 atom stereocenters. The molecule has 0 spiro atoms. The van der Waals surface area contributed by atoms with E-state index in [0.29, 0.717) is 0 Å². The number of hydrogen-bond donors (Lipinski definition) is 0. The van der Waals surface area contributed by atoms with Crippen LogP contribution < -0.4 is 4.74 Å². The van der Waals surface area contributed by atoms with Gasteiger partial charge in [0.15, 0.2) is 0 Å².